The van der Waals surface area contributed by atoms with Gasteiger partial charge in [-0.25, -0.2) is 4.98 Å². The van der Waals surface area contributed by atoms with Gasteiger partial charge in [0.1, 0.15) is 5.65 Å². The maximum Gasteiger partial charge on any atom is 0.253 e. The lowest BCUT2D eigenvalue weighted by molar-refractivity contribution is -0.113. The highest BCUT2D eigenvalue weighted by Gasteiger charge is 2.10. The van der Waals surface area contributed by atoms with E-state index in [9.17, 15) is 9.59 Å². The van der Waals surface area contributed by atoms with Crippen LogP contribution in [0.2, 0.25) is 0 Å². The summed E-state index contributed by atoms with van der Waals surface area (Å²) in [6.07, 6.45) is 7.95. The van der Waals surface area contributed by atoms with Crippen LogP contribution in [0.3, 0.4) is 0 Å². The number of hydrogen-bond donors (Lipinski definition) is 3. The van der Waals surface area contributed by atoms with Gasteiger partial charge in [-0.3, -0.25) is 14.6 Å². The first-order chi connectivity index (χ1) is 12.4. The number of hydrogen-bond acceptors (Lipinski definition) is 4. The second kappa shape index (κ2) is 7.18. The third-order valence-corrected chi connectivity index (χ3v) is 3.73. The number of rotatable bonds is 5. The lowest BCUT2D eigenvalue weighted by Crippen LogP contribution is -2.30. The summed E-state index contributed by atoms with van der Waals surface area (Å²) < 4.78 is 0. The molecule has 0 aliphatic heterocycles. The van der Waals surface area contributed by atoms with Crippen LogP contribution < -0.4 is 11.1 Å². The van der Waals surface area contributed by atoms with Crippen LogP contribution in [0.15, 0.2) is 42.9 Å². The fraction of sp³-hybridized carbons (Fsp3) is 0.158. The minimum Gasteiger partial charge on any atom is -0.366 e. The molecule has 0 atom stereocenters. The standard InChI is InChI=1S/C19H19N5O2/c1-11(2)24-19(26)13-3-5-16(21-9-13)14-7-15-12(4-6-17(20)25)8-22-18(15)23-10-14/h3-11H,1-2H3,(H2,20,25)(H,22,23)(H,24,26). The highest BCUT2D eigenvalue weighted by molar-refractivity contribution is 5.96. The summed E-state index contributed by atoms with van der Waals surface area (Å²) in [4.78, 5) is 34.7. The second-order valence-electron chi connectivity index (χ2n) is 6.16. The molecule has 3 rings (SSSR count). The maximum absolute atomic E-state index is 12.0. The van der Waals surface area contributed by atoms with Crippen molar-refractivity contribution in [3.05, 3.63) is 54.0 Å². The molecule has 7 heteroatoms. The molecule has 132 valence electrons. The van der Waals surface area contributed by atoms with Crippen molar-refractivity contribution in [3.8, 4) is 11.3 Å². The number of primary amides is 1. The quantitative estimate of drug-likeness (QED) is 0.613. The van der Waals surface area contributed by atoms with Crippen molar-refractivity contribution in [2.75, 3.05) is 0 Å². The molecule has 3 aromatic rings. The van der Waals surface area contributed by atoms with E-state index in [0.717, 1.165) is 16.5 Å². The van der Waals surface area contributed by atoms with Gasteiger partial charge in [0.15, 0.2) is 0 Å². The first-order valence-corrected chi connectivity index (χ1v) is 8.16. The molecule has 7 nitrogen and oxygen atoms in total. The molecular formula is C19H19N5O2. The van der Waals surface area contributed by atoms with E-state index in [-0.39, 0.29) is 11.9 Å². The highest BCUT2D eigenvalue weighted by Crippen LogP contribution is 2.24. The van der Waals surface area contributed by atoms with Gasteiger partial charge in [-0.1, -0.05) is 0 Å². The van der Waals surface area contributed by atoms with Gasteiger partial charge in [0.2, 0.25) is 5.91 Å². The summed E-state index contributed by atoms with van der Waals surface area (Å²) in [5.41, 5.74) is 8.67. The van der Waals surface area contributed by atoms with E-state index in [1.54, 1.807) is 36.8 Å². The first-order valence-electron chi connectivity index (χ1n) is 8.16. The SMILES string of the molecule is CC(C)NC(=O)c1ccc(-c2cnc3[nH]cc(C=CC(N)=O)c3c2)nc1. The van der Waals surface area contributed by atoms with Crippen molar-refractivity contribution in [2.24, 2.45) is 5.73 Å². The minimum atomic E-state index is -0.514. The Morgan fingerprint density at radius 1 is 1.23 bits per heavy atom. The normalized spacial score (nSPS) is 11.3. The summed E-state index contributed by atoms with van der Waals surface area (Å²) in [6.45, 7) is 3.81. The van der Waals surface area contributed by atoms with Crippen LogP contribution in [0.25, 0.3) is 28.4 Å². The third kappa shape index (κ3) is 3.77. The van der Waals surface area contributed by atoms with Crippen molar-refractivity contribution in [3.63, 3.8) is 0 Å². The average molecular weight is 349 g/mol. The third-order valence-electron chi connectivity index (χ3n) is 3.73. The van der Waals surface area contributed by atoms with Crippen LogP contribution in [-0.4, -0.2) is 32.8 Å². The lowest BCUT2D eigenvalue weighted by atomic mass is 10.1. The zero-order valence-corrected chi connectivity index (χ0v) is 14.5. The van der Waals surface area contributed by atoms with Crippen LogP contribution in [0.5, 0.6) is 0 Å². The van der Waals surface area contributed by atoms with Gasteiger partial charge in [0.05, 0.1) is 11.3 Å². The Labute approximate surface area is 150 Å². The molecule has 26 heavy (non-hydrogen) atoms. The number of H-pyrrole nitrogens is 1. The molecule has 2 amide bonds. The second-order valence-corrected chi connectivity index (χ2v) is 6.16. The Morgan fingerprint density at radius 3 is 2.69 bits per heavy atom. The molecule has 3 aromatic heterocycles. The summed E-state index contributed by atoms with van der Waals surface area (Å²) in [5.74, 6) is -0.669. The van der Waals surface area contributed by atoms with Crippen LogP contribution in [0.4, 0.5) is 0 Å². The van der Waals surface area contributed by atoms with E-state index in [1.165, 1.54) is 6.08 Å². The number of amides is 2. The molecule has 0 aliphatic carbocycles. The van der Waals surface area contributed by atoms with Gasteiger partial charge in [-0.15, -0.1) is 0 Å². The van der Waals surface area contributed by atoms with Crippen LogP contribution >= 0.6 is 0 Å². The summed E-state index contributed by atoms with van der Waals surface area (Å²) in [7, 11) is 0. The topological polar surface area (TPSA) is 114 Å². The number of carbonyl (C=O) groups is 2. The number of nitrogens with zero attached hydrogens (tertiary/aromatic N) is 2. The van der Waals surface area contributed by atoms with Crippen molar-refractivity contribution in [1.29, 1.82) is 0 Å². The Morgan fingerprint density at radius 2 is 2.04 bits per heavy atom. The molecular weight excluding hydrogens is 330 g/mol. The Kier molecular flexibility index (Phi) is 4.79. The molecule has 0 radical (unpaired) electrons. The van der Waals surface area contributed by atoms with E-state index < -0.39 is 5.91 Å². The smallest absolute Gasteiger partial charge is 0.253 e. The maximum atomic E-state index is 12.0. The predicted octanol–water partition coefficient (Wildman–Crippen LogP) is 2.26. The summed E-state index contributed by atoms with van der Waals surface area (Å²) in [5, 5.41) is 3.68. The van der Waals surface area contributed by atoms with Gasteiger partial charge in [0, 0.05) is 47.2 Å². The molecule has 4 N–H and O–H groups in total. The van der Waals surface area contributed by atoms with E-state index in [2.05, 4.69) is 20.3 Å². The molecule has 0 aliphatic rings. The summed E-state index contributed by atoms with van der Waals surface area (Å²) >= 11 is 0. The number of nitrogens with one attached hydrogen (secondary N) is 2. The van der Waals surface area contributed by atoms with Crippen LogP contribution in [0.1, 0.15) is 29.8 Å². The lowest BCUT2D eigenvalue weighted by Gasteiger charge is -2.08. The minimum absolute atomic E-state index is 0.0641. The van der Waals surface area contributed by atoms with Crippen molar-refractivity contribution in [1.82, 2.24) is 20.3 Å². The summed E-state index contributed by atoms with van der Waals surface area (Å²) in [6, 6.07) is 5.50. The molecule has 0 saturated heterocycles. The fourth-order valence-corrected chi connectivity index (χ4v) is 2.52. The molecule has 0 fully saturated rings. The van der Waals surface area contributed by atoms with Gasteiger partial charge in [0.25, 0.3) is 5.91 Å². The number of nitrogens with two attached hydrogens (primary N) is 1. The number of carbonyl (C=O) groups excluding carboxylic acids is 2. The van der Waals surface area contributed by atoms with Crippen LogP contribution in [0, 0.1) is 0 Å². The van der Waals surface area contributed by atoms with Gasteiger partial charge in [-0.05, 0) is 38.1 Å². The Hall–Kier alpha value is -3.48. The zero-order chi connectivity index (χ0) is 18.7. The van der Waals surface area contributed by atoms with Crippen LogP contribution in [-0.2, 0) is 4.79 Å². The molecule has 0 bridgehead atoms. The van der Waals surface area contributed by atoms with E-state index in [4.69, 9.17) is 5.73 Å². The molecule has 0 spiro atoms. The molecule has 0 unspecified atom stereocenters. The first kappa shape index (κ1) is 17.3. The Bertz CT molecular complexity index is 987. The fourth-order valence-electron chi connectivity index (χ4n) is 2.52. The van der Waals surface area contributed by atoms with E-state index in [1.807, 2.05) is 19.9 Å². The molecule has 3 heterocycles. The van der Waals surface area contributed by atoms with Gasteiger partial charge >= 0.3 is 0 Å². The number of aromatic amines is 1. The van der Waals surface area contributed by atoms with Crippen molar-refractivity contribution in [2.45, 2.75) is 19.9 Å². The monoisotopic (exact) mass is 349 g/mol. The predicted molar refractivity (Wildman–Crippen MR) is 100 cm³/mol. The average Bonchev–Trinajstić information content (AvgIpc) is 3.01. The number of pyridine rings is 2. The highest BCUT2D eigenvalue weighted by atomic mass is 16.2. The largest absolute Gasteiger partial charge is 0.366 e. The molecule has 0 saturated carbocycles. The van der Waals surface area contributed by atoms with Crippen molar-refractivity contribution < 1.29 is 9.59 Å². The zero-order valence-electron chi connectivity index (χ0n) is 14.5. The Balaban J connectivity index is 1.91. The van der Waals surface area contributed by atoms with Crippen molar-refractivity contribution >= 4 is 28.9 Å². The molecule has 0 aromatic carbocycles. The van der Waals surface area contributed by atoms with Gasteiger partial charge < -0.3 is 16.0 Å². The van der Waals surface area contributed by atoms with E-state index in [0.29, 0.717) is 16.9 Å². The number of aromatic nitrogens is 3. The van der Waals surface area contributed by atoms with E-state index >= 15 is 0 Å². The van der Waals surface area contributed by atoms with Gasteiger partial charge in [-0.2, -0.15) is 0 Å². The number of fused-ring (bicyclic) bond motifs is 1.